The van der Waals surface area contributed by atoms with E-state index in [4.69, 9.17) is 27.9 Å². The lowest BCUT2D eigenvalue weighted by molar-refractivity contribution is 0.415. The Morgan fingerprint density at radius 1 is 1.10 bits per heavy atom. The van der Waals surface area contributed by atoms with Crippen LogP contribution in [0.25, 0.3) is 0 Å². The van der Waals surface area contributed by atoms with E-state index in [0.29, 0.717) is 5.75 Å². The molecular formula is C13H10Cl2FNO3S. The molecular weight excluding hydrogens is 340 g/mol. The first-order valence-corrected chi connectivity index (χ1v) is 7.89. The lowest BCUT2D eigenvalue weighted by Crippen LogP contribution is -2.14. The van der Waals surface area contributed by atoms with Crippen LogP contribution >= 0.6 is 23.2 Å². The average Bonchev–Trinajstić information content (AvgIpc) is 2.40. The van der Waals surface area contributed by atoms with E-state index in [1.807, 2.05) is 0 Å². The predicted molar refractivity (Wildman–Crippen MR) is 80.2 cm³/mol. The third-order valence-electron chi connectivity index (χ3n) is 2.60. The second-order valence-corrected chi connectivity index (χ2v) is 6.49. The minimum atomic E-state index is -4.00. The van der Waals surface area contributed by atoms with Crippen LogP contribution in [0.4, 0.5) is 10.1 Å². The number of nitrogens with one attached hydrogen (secondary N) is 1. The van der Waals surface area contributed by atoms with Gasteiger partial charge in [0.15, 0.2) is 0 Å². The zero-order valence-electron chi connectivity index (χ0n) is 10.7. The molecule has 0 aromatic heterocycles. The van der Waals surface area contributed by atoms with Gasteiger partial charge in [-0.1, -0.05) is 23.2 Å². The highest BCUT2D eigenvalue weighted by Crippen LogP contribution is 2.30. The molecule has 0 aliphatic heterocycles. The molecule has 0 atom stereocenters. The van der Waals surface area contributed by atoms with Crippen LogP contribution < -0.4 is 9.46 Å². The van der Waals surface area contributed by atoms with Crippen molar-refractivity contribution >= 4 is 38.9 Å². The number of hydrogen-bond acceptors (Lipinski definition) is 3. The van der Waals surface area contributed by atoms with Crippen LogP contribution in [0.1, 0.15) is 0 Å². The normalized spacial score (nSPS) is 11.2. The van der Waals surface area contributed by atoms with Gasteiger partial charge in [-0.05, 0) is 30.3 Å². The van der Waals surface area contributed by atoms with Crippen LogP contribution in [0, 0.1) is 5.82 Å². The van der Waals surface area contributed by atoms with Crippen LogP contribution in [-0.2, 0) is 10.0 Å². The molecule has 112 valence electrons. The molecule has 2 rings (SSSR count). The largest absolute Gasteiger partial charge is 0.497 e. The van der Waals surface area contributed by atoms with E-state index in [2.05, 4.69) is 4.72 Å². The summed E-state index contributed by atoms with van der Waals surface area (Å²) in [5, 5.41) is -0.0286. The predicted octanol–water partition coefficient (Wildman–Crippen LogP) is 3.94. The zero-order valence-corrected chi connectivity index (χ0v) is 13.1. The Kier molecular flexibility index (Phi) is 4.61. The minimum absolute atomic E-state index is 0.136. The Morgan fingerprint density at radius 2 is 1.81 bits per heavy atom. The lowest BCUT2D eigenvalue weighted by Gasteiger charge is -2.12. The molecule has 2 aromatic carbocycles. The highest BCUT2D eigenvalue weighted by Gasteiger charge is 2.20. The molecule has 8 heteroatoms. The maximum Gasteiger partial charge on any atom is 0.263 e. The fraction of sp³-hybridized carbons (Fsp3) is 0.0769. The summed E-state index contributed by atoms with van der Waals surface area (Å²) >= 11 is 11.7. The van der Waals surface area contributed by atoms with Gasteiger partial charge in [0.25, 0.3) is 10.0 Å². The van der Waals surface area contributed by atoms with Gasteiger partial charge in [-0.2, -0.15) is 0 Å². The van der Waals surface area contributed by atoms with Crippen molar-refractivity contribution in [2.24, 2.45) is 0 Å². The quantitative estimate of drug-likeness (QED) is 0.909. The van der Waals surface area contributed by atoms with Gasteiger partial charge in [0.1, 0.15) is 16.5 Å². The van der Waals surface area contributed by atoms with Gasteiger partial charge in [-0.25, -0.2) is 12.8 Å². The van der Waals surface area contributed by atoms with Crippen molar-refractivity contribution in [3.05, 3.63) is 52.3 Å². The van der Waals surface area contributed by atoms with Gasteiger partial charge < -0.3 is 4.74 Å². The van der Waals surface area contributed by atoms with E-state index >= 15 is 0 Å². The van der Waals surface area contributed by atoms with Crippen molar-refractivity contribution in [1.82, 2.24) is 0 Å². The third-order valence-corrected chi connectivity index (χ3v) is 4.78. The zero-order chi connectivity index (χ0) is 15.6. The molecule has 0 saturated carbocycles. The van der Waals surface area contributed by atoms with Gasteiger partial charge in [-0.15, -0.1) is 0 Å². The summed E-state index contributed by atoms with van der Waals surface area (Å²) in [7, 11) is -2.55. The van der Waals surface area contributed by atoms with E-state index in [1.54, 1.807) is 6.07 Å². The maximum absolute atomic E-state index is 13.0. The summed E-state index contributed by atoms with van der Waals surface area (Å²) in [4.78, 5) is -0.246. The second kappa shape index (κ2) is 6.09. The number of rotatable bonds is 4. The van der Waals surface area contributed by atoms with Crippen LogP contribution in [0.5, 0.6) is 5.75 Å². The van der Waals surface area contributed by atoms with Crippen molar-refractivity contribution in [3.8, 4) is 5.75 Å². The monoisotopic (exact) mass is 349 g/mol. The molecule has 0 saturated heterocycles. The summed E-state index contributed by atoms with van der Waals surface area (Å²) in [6.45, 7) is 0. The Morgan fingerprint density at radius 3 is 2.43 bits per heavy atom. The molecule has 1 N–H and O–H groups in total. The van der Waals surface area contributed by atoms with E-state index in [-0.39, 0.29) is 20.6 Å². The minimum Gasteiger partial charge on any atom is -0.497 e. The van der Waals surface area contributed by atoms with Gasteiger partial charge in [0.05, 0.1) is 22.8 Å². The van der Waals surface area contributed by atoms with Crippen LogP contribution in [0.3, 0.4) is 0 Å². The molecule has 0 spiro atoms. The van der Waals surface area contributed by atoms with Crippen molar-refractivity contribution in [2.45, 2.75) is 4.90 Å². The number of ether oxygens (including phenoxy) is 1. The van der Waals surface area contributed by atoms with Crippen molar-refractivity contribution < 1.29 is 17.5 Å². The molecule has 0 aliphatic carbocycles. The first-order chi connectivity index (χ1) is 9.83. The number of hydrogen-bond donors (Lipinski definition) is 1. The topological polar surface area (TPSA) is 55.4 Å². The van der Waals surface area contributed by atoms with Crippen molar-refractivity contribution in [3.63, 3.8) is 0 Å². The first-order valence-electron chi connectivity index (χ1n) is 5.65. The fourth-order valence-corrected chi connectivity index (χ4v) is 3.43. The smallest absolute Gasteiger partial charge is 0.263 e. The number of methoxy groups -OCH3 is 1. The molecule has 0 aliphatic rings. The van der Waals surface area contributed by atoms with Crippen molar-refractivity contribution in [2.75, 3.05) is 11.8 Å². The third kappa shape index (κ3) is 3.58. The van der Waals surface area contributed by atoms with E-state index < -0.39 is 15.8 Å². The Balaban J connectivity index is 2.42. The first kappa shape index (κ1) is 15.9. The Bertz CT molecular complexity index is 781. The molecule has 21 heavy (non-hydrogen) atoms. The second-order valence-electron chi connectivity index (χ2n) is 4.03. The summed E-state index contributed by atoms with van der Waals surface area (Å²) in [6, 6.07) is 7.51. The van der Waals surface area contributed by atoms with Crippen LogP contribution in [0.15, 0.2) is 41.3 Å². The van der Waals surface area contributed by atoms with Crippen LogP contribution in [0.2, 0.25) is 10.0 Å². The Labute approximate surface area is 131 Å². The maximum atomic E-state index is 13.0. The van der Waals surface area contributed by atoms with Gasteiger partial charge in [-0.3, -0.25) is 4.72 Å². The average molecular weight is 350 g/mol. The van der Waals surface area contributed by atoms with E-state index in [0.717, 1.165) is 18.2 Å². The van der Waals surface area contributed by atoms with Crippen LogP contribution in [-0.4, -0.2) is 15.5 Å². The molecule has 4 nitrogen and oxygen atoms in total. The molecule has 0 heterocycles. The molecule has 0 radical (unpaired) electrons. The lowest BCUT2D eigenvalue weighted by atomic mass is 10.3. The highest BCUT2D eigenvalue weighted by molar-refractivity contribution is 7.92. The van der Waals surface area contributed by atoms with Gasteiger partial charge in [0, 0.05) is 6.07 Å². The molecule has 0 bridgehead atoms. The summed E-state index contributed by atoms with van der Waals surface area (Å²) < 4.78 is 44.8. The Hall–Kier alpha value is -1.50. The fourth-order valence-electron chi connectivity index (χ4n) is 1.60. The molecule has 2 aromatic rings. The van der Waals surface area contributed by atoms with Gasteiger partial charge >= 0.3 is 0 Å². The summed E-state index contributed by atoms with van der Waals surface area (Å²) in [5.41, 5.74) is 0.136. The number of sulfonamides is 1. The van der Waals surface area contributed by atoms with Crippen molar-refractivity contribution in [1.29, 1.82) is 0 Å². The molecule has 0 fully saturated rings. The molecule has 0 unspecified atom stereocenters. The number of halogens is 3. The summed E-state index contributed by atoms with van der Waals surface area (Å²) in [5.74, 6) is -0.194. The highest BCUT2D eigenvalue weighted by atomic mass is 35.5. The molecule has 0 amide bonds. The SMILES string of the molecule is COc1ccc(Cl)c(NS(=O)(=O)c2ccc(F)cc2Cl)c1. The number of anilines is 1. The van der Waals surface area contributed by atoms with Gasteiger partial charge in [0.2, 0.25) is 0 Å². The number of benzene rings is 2. The standard InChI is InChI=1S/C13H10Cl2FNO3S/c1-20-9-3-4-10(14)12(7-9)17-21(18,19)13-5-2-8(16)6-11(13)15/h2-7,17H,1H3. The van der Waals surface area contributed by atoms with E-state index in [9.17, 15) is 12.8 Å². The van der Waals surface area contributed by atoms with E-state index in [1.165, 1.54) is 19.2 Å². The summed E-state index contributed by atoms with van der Waals surface area (Å²) in [6.07, 6.45) is 0.